The number of aromatic nitrogens is 2. The van der Waals surface area contributed by atoms with Crippen molar-refractivity contribution in [1.82, 2.24) is 14.5 Å². The number of nitrogens with zero attached hydrogens (tertiary/aromatic N) is 3. The SMILES string of the molecule is CC(C)CN(Cc1cnc(S(=O)(=O)Cc2ccccc2)n1Cc1ccccc1)C(=O)c1cccs1. The highest BCUT2D eigenvalue weighted by molar-refractivity contribution is 7.90. The van der Waals surface area contributed by atoms with Crippen molar-refractivity contribution >= 4 is 27.1 Å². The Morgan fingerprint density at radius 3 is 2.23 bits per heavy atom. The van der Waals surface area contributed by atoms with Gasteiger partial charge in [-0.1, -0.05) is 80.6 Å². The van der Waals surface area contributed by atoms with E-state index in [0.29, 0.717) is 29.2 Å². The zero-order valence-electron chi connectivity index (χ0n) is 19.9. The van der Waals surface area contributed by atoms with Crippen molar-refractivity contribution in [2.45, 2.75) is 37.8 Å². The van der Waals surface area contributed by atoms with Crippen molar-refractivity contribution in [3.05, 3.63) is 106 Å². The molecule has 6 nitrogen and oxygen atoms in total. The molecular formula is C27H29N3O3S2. The number of amides is 1. The zero-order valence-corrected chi connectivity index (χ0v) is 21.5. The second-order valence-corrected chi connectivity index (χ2v) is 11.7. The van der Waals surface area contributed by atoms with E-state index >= 15 is 0 Å². The van der Waals surface area contributed by atoms with Crippen LogP contribution >= 0.6 is 11.3 Å². The molecule has 2 heterocycles. The fourth-order valence-electron chi connectivity index (χ4n) is 3.97. The first-order valence-corrected chi connectivity index (χ1v) is 14.0. The number of rotatable bonds is 10. The average molecular weight is 508 g/mol. The molecule has 4 aromatic rings. The van der Waals surface area contributed by atoms with E-state index in [1.807, 2.05) is 66.0 Å². The van der Waals surface area contributed by atoms with E-state index in [0.717, 1.165) is 5.56 Å². The van der Waals surface area contributed by atoms with Crippen LogP contribution in [-0.4, -0.2) is 35.3 Å². The van der Waals surface area contributed by atoms with Crippen LogP contribution in [0.5, 0.6) is 0 Å². The fourth-order valence-corrected chi connectivity index (χ4v) is 6.15. The summed E-state index contributed by atoms with van der Waals surface area (Å²) in [5.74, 6) is 0.0590. The molecule has 0 saturated carbocycles. The van der Waals surface area contributed by atoms with Crippen LogP contribution in [0.4, 0.5) is 0 Å². The lowest BCUT2D eigenvalue weighted by Gasteiger charge is -2.25. The molecule has 0 fully saturated rings. The number of carbonyl (C=O) groups excluding carboxylic acids is 1. The standard InChI is InChI=1S/C27H29N3O3S2/c1-21(2)17-29(26(31)25-14-9-15-34-25)19-24-16-28-27(30(24)18-22-10-5-3-6-11-22)35(32,33)20-23-12-7-4-8-13-23/h3-16,21H,17-20H2,1-2H3. The Hall–Kier alpha value is -3.23. The van der Waals surface area contributed by atoms with Crippen molar-refractivity contribution in [1.29, 1.82) is 0 Å². The second-order valence-electron chi connectivity index (χ2n) is 8.91. The van der Waals surface area contributed by atoms with Gasteiger partial charge in [0.05, 0.1) is 35.6 Å². The fraction of sp³-hybridized carbons (Fsp3) is 0.259. The van der Waals surface area contributed by atoms with Gasteiger partial charge in [0.1, 0.15) is 0 Å². The Balaban J connectivity index is 1.71. The Morgan fingerprint density at radius 1 is 0.971 bits per heavy atom. The molecule has 8 heteroatoms. The number of imidazole rings is 1. The average Bonchev–Trinajstić information content (AvgIpc) is 3.50. The van der Waals surface area contributed by atoms with Crippen LogP contribution in [0, 0.1) is 5.92 Å². The second kappa shape index (κ2) is 11.0. The maximum atomic E-state index is 13.4. The van der Waals surface area contributed by atoms with Gasteiger partial charge < -0.3 is 9.47 Å². The molecule has 0 radical (unpaired) electrons. The monoisotopic (exact) mass is 507 g/mol. The third kappa shape index (κ3) is 6.26. The first-order valence-electron chi connectivity index (χ1n) is 11.5. The predicted octanol–water partition coefficient (Wildman–Crippen LogP) is 5.27. The minimum Gasteiger partial charge on any atom is -0.332 e. The molecule has 35 heavy (non-hydrogen) atoms. The lowest BCUT2D eigenvalue weighted by Crippen LogP contribution is -2.34. The van der Waals surface area contributed by atoms with Gasteiger partial charge in [-0.25, -0.2) is 13.4 Å². The molecular weight excluding hydrogens is 478 g/mol. The molecule has 2 aromatic carbocycles. The predicted molar refractivity (Wildman–Crippen MR) is 139 cm³/mol. The van der Waals surface area contributed by atoms with Crippen LogP contribution in [0.1, 0.15) is 40.3 Å². The lowest BCUT2D eigenvalue weighted by atomic mass is 10.2. The minimum absolute atomic E-state index is 0.0216. The van der Waals surface area contributed by atoms with Gasteiger partial charge in [0.25, 0.3) is 5.91 Å². The van der Waals surface area contributed by atoms with E-state index in [1.165, 1.54) is 11.3 Å². The Morgan fingerprint density at radius 2 is 1.63 bits per heavy atom. The summed E-state index contributed by atoms with van der Waals surface area (Å²) in [7, 11) is -3.72. The van der Waals surface area contributed by atoms with E-state index in [-0.39, 0.29) is 29.3 Å². The summed E-state index contributed by atoms with van der Waals surface area (Å²) < 4.78 is 28.6. The third-order valence-electron chi connectivity index (χ3n) is 5.52. The van der Waals surface area contributed by atoms with Gasteiger partial charge in [-0.3, -0.25) is 4.79 Å². The quantitative estimate of drug-likeness (QED) is 0.293. The molecule has 0 N–H and O–H groups in total. The highest BCUT2D eigenvalue weighted by Gasteiger charge is 2.26. The first-order chi connectivity index (χ1) is 16.8. The van der Waals surface area contributed by atoms with Gasteiger partial charge in [-0.05, 0) is 28.5 Å². The van der Waals surface area contributed by atoms with Gasteiger partial charge in [-0.15, -0.1) is 11.3 Å². The van der Waals surface area contributed by atoms with E-state index in [4.69, 9.17) is 0 Å². The maximum absolute atomic E-state index is 13.4. The number of hydrogen-bond acceptors (Lipinski definition) is 5. The number of thiophene rings is 1. The highest BCUT2D eigenvalue weighted by atomic mass is 32.2. The van der Waals surface area contributed by atoms with Crippen molar-refractivity contribution in [2.75, 3.05) is 6.54 Å². The Bertz CT molecular complexity index is 1350. The summed E-state index contributed by atoms with van der Waals surface area (Å²) in [5.41, 5.74) is 2.35. The molecule has 0 unspecified atom stereocenters. The van der Waals surface area contributed by atoms with E-state index in [9.17, 15) is 13.2 Å². The molecule has 0 aliphatic heterocycles. The third-order valence-corrected chi connectivity index (χ3v) is 7.97. The molecule has 0 spiro atoms. The van der Waals surface area contributed by atoms with Crippen LogP contribution in [0.25, 0.3) is 0 Å². The molecule has 0 bridgehead atoms. The number of hydrogen-bond donors (Lipinski definition) is 0. The number of sulfone groups is 1. The summed E-state index contributed by atoms with van der Waals surface area (Å²) in [4.78, 5) is 20.1. The van der Waals surface area contributed by atoms with Crippen LogP contribution in [0.15, 0.2) is 89.5 Å². The minimum atomic E-state index is -3.72. The van der Waals surface area contributed by atoms with Crippen molar-refractivity contribution in [2.24, 2.45) is 5.92 Å². The van der Waals surface area contributed by atoms with E-state index in [2.05, 4.69) is 18.8 Å². The smallest absolute Gasteiger partial charge is 0.264 e. The maximum Gasteiger partial charge on any atom is 0.264 e. The molecule has 182 valence electrons. The topological polar surface area (TPSA) is 72.3 Å². The molecule has 2 aromatic heterocycles. The zero-order chi connectivity index (χ0) is 24.8. The summed E-state index contributed by atoms with van der Waals surface area (Å²) in [5, 5.41) is 1.91. The molecule has 0 aliphatic rings. The van der Waals surface area contributed by atoms with Gasteiger partial charge in [-0.2, -0.15) is 0 Å². The Labute approximate surface area is 210 Å². The van der Waals surface area contributed by atoms with Crippen molar-refractivity contribution < 1.29 is 13.2 Å². The van der Waals surface area contributed by atoms with Crippen LogP contribution in [0.3, 0.4) is 0 Å². The van der Waals surface area contributed by atoms with Crippen LogP contribution in [0.2, 0.25) is 0 Å². The van der Waals surface area contributed by atoms with E-state index < -0.39 is 9.84 Å². The molecule has 0 saturated heterocycles. The molecule has 1 amide bonds. The highest BCUT2D eigenvalue weighted by Crippen LogP contribution is 2.22. The molecule has 0 aliphatic carbocycles. The van der Waals surface area contributed by atoms with Gasteiger partial charge in [0, 0.05) is 6.54 Å². The normalized spacial score (nSPS) is 11.6. The summed E-state index contributed by atoms with van der Waals surface area (Å²) in [6.07, 6.45) is 1.59. The summed E-state index contributed by atoms with van der Waals surface area (Å²) >= 11 is 1.41. The Kier molecular flexibility index (Phi) is 7.83. The summed E-state index contributed by atoms with van der Waals surface area (Å²) in [6, 6.07) is 22.5. The number of carbonyl (C=O) groups is 1. The largest absolute Gasteiger partial charge is 0.332 e. The number of benzene rings is 2. The van der Waals surface area contributed by atoms with Crippen molar-refractivity contribution in [3.8, 4) is 0 Å². The van der Waals surface area contributed by atoms with Crippen molar-refractivity contribution in [3.63, 3.8) is 0 Å². The first kappa shape index (κ1) is 24.9. The molecule has 4 rings (SSSR count). The van der Waals surface area contributed by atoms with Gasteiger partial charge in [0.2, 0.25) is 15.0 Å². The van der Waals surface area contributed by atoms with Crippen LogP contribution in [-0.2, 0) is 28.7 Å². The van der Waals surface area contributed by atoms with Crippen LogP contribution < -0.4 is 0 Å². The van der Waals surface area contributed by atoms with Gasteiger partial charge in [0.15, 0.2) is 0 Å². The summed E-state index contributed by atoms with van der Waals surface area (Å²) in [6.45, 7) is 5.30. The van der Waals surface area contributed by atoms with Gasteiger partial charge >= 0.3 is 0 Å². The lowest BCUT2D eigenvalue weighted by molar-refractivity contribution is 0.0723. The molecule has 0 atom stereocenters. The van der Waals surface area contributed by atoms with E-state index in [1.54, 1.807) is 27.8 Å².